The molecule has 0 radical (unpaired) electrons. The first-order valence-corrected chi connectivity index (χ1v) is 8.74. The van der Waals surface area contributed by atoms with E-state index in [1.54, 1.807) is 24.1 Å². The molecule has 0 N–H and O–H groups in total. The van der Waals surface area contributed by atoms with Gasteiger partial charge in [0.2, 0.25) is 11.8 Å². The second-order valence-corrected chi connectivity index (χ2v) is 6.58. The van der Waals surface area contributed by atoms with Gasteiger partial charge in [0, 0.05) is 31.9 Å². The second kappa shape index (κ2) is 6.79. The number of carbonyl (C=O) groups is 2. The number of piperidine rings is 1. The maximum absolute atomic E-state index is 13.1. The largest absolute Gasteiger partial charge is 0.481 e. The Labute approximate surface area is 142 Å². The van der Waals surface area contributed by atoms with Crippen molar-refractivity contribution in [2.75, 3.05) is 26.7 Å². The number of carbonyl (C=O) groups excluding carboxylic acids is 2. The molecule has 1 aromatic heterocycles. The minimum absolute atomic E-state index is 0.102. The number of hydrogen-bond acceptors (Lipinski definition) is 4. The smallest absolute Gasteiger partial charge is 0.256 e. The predicted molar refractivity (Wildman–Crippen MR) is 89.9 cm³/mol. The molecule has 2 aliphatic heterocycles. The maximum Gasteiger partial charge on any atom is 0.256 e. The molecule has 130 valence electrons. The molecule has 2 amide bonds. The van der Waals surface area contributed by atoms with Crippen molar-refractivity contribution in [1.29, 1.82) is 0 Å². The van der Waals surface area contributed by atoms with Gasteiger partial charge in [-0.05, 0) is 38.2 Å². The number of amides is 2. The van der Waals surface area contributed by atoms with Crippen molar-refractivity contribution in [3.05, 3.63) is 23.9 Å². The molecule has 1 unspecified atom stereocenters. The number of nitrogens with zero attached hydrogens (tertiary/aromatic N) is 3. The van der Waals surface area contributed by atoms with Crippen molar-refractivity contribution >= 4 is 11.8 Å². The Balaban J connectivity index is 1.86. The quantitative estimate of drug-likeness (QED) is 0.847. The summed E-state index contributed by atoms with van der Waals surface area (Å²) in [5, 5.41) is 0. The molecular formula is C18H25N3O3. The van der Waals surface area contributed by atoms with Crippen LogP contribution in [0.25, 0.3) is 0 Å². The van der Waals surface area contributed by atoms with Crippen LogP contribution in [0.3, 0.4) is 0 Å². The summed E-state index contributed by atoms with van der Waals surface area (Å²) in [5.74, 6) is 0.503. The van der Waals surface area contributed by atoms with E-state index in [4.69, 9.17) is 4.74 Å². The number of ether oxygens (including phenoxy) is 1. The lowest BCUT2D eigenvalue weighted by Crippen LogP contribution is -2.61. The van der Waals surface area contributed by atoms with E-state index >= 15 is 0 Å². The highest BCUT2D eigenvalue weighted by Gasteiger charge is 2.52. The first kappa shape index (κ1) is 16.7. The Kier molecular flexibility index (Phi) is 4.73. The van der Waals surface area contributed by atoms with Crippen LogP contribution in [0.1, 0.15) is 49.4 Å². The van der Waals surface area contributed by atoms with Gasteiger partial charge in [-0.15, -0.1) is 0 Å². The fourth-order valence-electron chi connectivity index (χ4n) is 3.99. The molecule has 1 aromatic rings. The number of hydrogen-bond donors (Lipinski definition) is 0. The third-order valence-electron chi connectivity index (χ3n) is 5.12. The number of rotatable bonds is 4. The van der Waals surface area contributed by atoms with E-state index in [2.05, 4.69) is 11.9 Å². The monoisotopic (exact) mass is 331 g/mol. The van der Waals surface area contributed by atoms with Crippen molar-refractivity contribution in [2.45, 2.75) is 44.6 Å². The van der Waals surface area contributed by atoms with Crippen molar-refractivity contribution in [3.63, 3.8) is 0 Å². The van der Waals surface area contributed by atoms with Gasteiger partial charge in [-0.3, -0.25) is 9.59 Å². The molecule has 0 aromatic carbocycles. The lowest BCUT2D eigenvalue weighted by atomic mass is 9.85. The highest BCUT2D eigenvalue weighted by atomic mass is 16.5. The third kappa shape index (κ3) is 2.74. The van der Waals surface area contributed by atoms with E-state index in [0.29, 0.717) is 18.0 Å². The predicted octanol–water partition coefficient (Wildman–Crippen LogP) is 2.10. The summed E-state index contributed by atoms with van der Waals surface area (Å²) in [7, 11) is 1.54. The minimum Gasteiger partial charge on any atom is -0.481 e. The maximum atomic E-state index is 13.1. The van der Waals surface area contributed by atoms with E-state index in [9.17, 15) is 9.59 Å². The normalized spacial score (nSPS) is 23.8. The van der Waals surface area contributed by atoms with Crippen molar-refractivity contribution in [1.82, 2.24) is 14.8 Å². The van der Waals surface area contributed by atoms with Crippen molar-refractivity contribution in [3.8, 4) is 5.88 Å². The zero-order valence-corrected chi connectivity index (χ0v) is 14.5. The molecule has 2 saturated heterocycles. The molecule has 2 fully saturated rings. The van der Waals surface area contributed by atoms with Crippen LogP contribution in [-0.2, 0) is 4.79 Å². The fourth-order valence-corrected chi connectivity index (χ4v) is 3.99. The summed E-state index contributed by atoms with van der Waals surface area (Å²) >= 11 is 0. The molecule has 1 atom stereocenters. The topological polar surface area (TPSA) is 62.7 Å². The zero-order chi connectivity index (χ0) is 17.2. The SMILES string of the molecule is CCCN1CCCC2(CCCN2C(=O)c2ccc(OC)nc2)C1=O. The Morgan fingerprint density at radius 3 is 2.67 bits per heavy atom. The Morgan fingerprint density at radius 2 is 2.04 bits per heavy atom. The van der Waals surface area contributed by atoms with Crippen LogP contribution in [0.5, 0.6) is 5.88 Å². The van der Waals surface area contributed by atoms with Crippen LogP contribution in [0.4, 0.5) is 0 Å². The van der Waals surface area contributed by atoms with Crippen LogP contribution in [-0.4, -0.2) is 58.9 Å². The van der Waals surface area contributed by atoms with E-state index in [-0.39, 0.29) is 11.8 Å². The number of likely N-dealkylation sites (tertiary alicyclic amines) is 2. The molecule has 24 heavy (non-hydrogen) atoms. The summed E-state index contributed by atoms with van der Waals surface area (Å²) in [6.07, 6.45) is 5.84. The molecule has 0 aliphatic carbocycles. The molecule has 6 heteroatoms. The molecule has 0 bridgehead atoms. The molecule has 2 aliphatic rings. The first-order valence-electron chi connectivity index (χ1n) is 8.74. The van der Waals surface area contributed by atoms with Crippen LogP contribution in [0, 0.1) is 0 Å². The molecule has 6 nitrogen and oxygen atoms in total. The average molecular weight is 331 g/mol. The lowest BCUT2D eigenvalue weighted by Gasteiger charge is -2.44. The van der Waals surface area contributed by atoms with Crippen molar-refractivity contribution < 1.29 is 14.3 Å². The van der Waals surface area contributed by atoms with Crippen LogP contribution >= 0.6 is 0 Å². The Bertz CT molecular complexity index is 614. The van der Waals surface area contributed by atoms with Crippen LogP contribution in [0.2, 0.25) is 0 Å². The number of aromatic nitrogens is 1. The van der Waals surface area contributed by atoms with E-state index in [0.717, 1.165) is 45.2 Å². The van der Waals surface area contributed by atoms with Gasteiger partial charge in [0.05, 0.1) is 12.7 Å². The van der Waals surface area contributed by atoms with E-state index < -0.39 is 5.54 Å². The van der Waals surface area contributed by atoms with Gasteiger partial charge in [0.1, 0.15) is 5.54 Å². The minimum atomic E-state index is -0.648. The van der Waals surface area contributed by atoms with Gasteiger partial charge >= 0.3 is 0 Å². The van der Waals surface area contributed by atoms with Gasteiger partial charge in [0.25, 0.3) is 5.91 Å². The summed E-state index contributed by atoms with van der Waals surface area (Å²) in [6.45, 7) is 4.29. The third-order valence-corrected chi connectivity index (χ3v) is 5.12. The zero-order valence-electron chi connectivity index (χ0n) is 14.5. The Morgan fingerprint density at radius 1 is 1.29 bits per heavy atom. The second-order valence-electron chi connectivity index (χ2n) is 6.58. The molecule has 3 rings (SSSR count). The van der Waals surface area contributed by atoms with Crippen LogP contribution < -0.4 is 4.74 Å². The summed E-state index contributed by atoms with van der Waals surface area (Å²) in [6, 6.07) is 3.40. The summed E-state index contributed by atoms with van der Waals surface area (Å²) < 4.78 is 5.05. The lowest BCUT2D eigenvalue weighted by molar-refractivity contribution is -0.145. The number of pyridine rings is 1. The van der Waals surface area contributed by atoms with Gasteiger partial charge in [-0.25, -0.2) is 4.98 Å². The van der Waals surface area contributed by atoms with E-state index in [1.165, 1.54) is 6.20 Å². The molecule has 0 saturated carbocycles. The summed E-state index contributed by atoms with van der Waals surface area (Å²) in [5.41, 5.74) is -0.137. The number of methoxy groups -OCH3 is 1. The Hall–Kier alpha value is -2.11. The summed E-state index contributed by atoms with van der Waals surface area (Å²) in [4.78, 5) is 33.9. The first-order chi connectivity index (χ1) is 11.6. The van der Waals surface area contributed by atoms with Gasteiger partial charge in [-0.2, -0.15) is 0 Å². The molecule has 3 heterocycles. The van der Waals surface area contributed by atoms with Crippen molar-refractivity contribution in [2.24, 2.45) is 0 Å². The highest BCUT2D eigenvalue weighted by molar-refractivity contribution is 5.99. The fraction of sp³-hybridized carbons (Fsp3) is 0.611. The van der Waals surface area contributed by atoms with Crippen LogP contribution in [0.15, 0.2) is 18.3 Å². The molecule has 1 spiro atoms. The standard InChI is InChI=1S/C18H25N3O3/c1-3-10-20-11-4-8-18(17(20)23)9-5-12-21(18)16(22)14-6-7-15(24-2)19-13-14/h6-7,13H,3-5,8-12H2,1-2H3. The van der Waals surface area contributed by atoms with E-state index in [1.807, 2.05) is 4.90 Å². The van der Waals surface area contributed by atoms with Gasteiger partial charge in [-0.1, -0.05) is 6.92 Å². The van der Waals surface area contributed by atoms with Gasteiger partial charge in [0.15, 0.2) is 0 Å². The molecular weight excluding hydrogens is 306 g/mol. The van der Waals surface area contributed by atoms with Gasteiger partial charge < -0.3 is 14.5 Å². The highest BCUT2D eigenvalue weighted by Crippen LogP contribution is 2.39. The average Bonchev–Trinajstić information content (AvgIpc) is 3.03.